The van der Waals surface area contributed by atoms with Crippen LogP contribution in [0.3, 0.4) is 0 Å². The molecule has 4 nitrogen and oxygen atoms in total. The van der Waals surface area contributed by atoms with Crippen LogP contribution in [-0.2, 0) is 4.74 Å². The first-order chi connectivity index (χ1) is 7.56. The molecule has 0 rings (SSSR count). The molecule has 0 aliphatic heterocycles. The fourth-order valence-corrected chi connectivity index (χ4v) is 1.45. The van der Waals surface area contributed by atoms with Gasteiger partial charge in [-0.2, -0.15) is 0 Å². The lowest BCUT2D eigenvalue weighted by molar-refractivity contribution is -0.170. The summed E-state index contributed by atoms with van der Waals surface area (Å²) in [6.07, 6.45) is 7.55. The van der Waals surface area contributed by atoms with E-state index in [4.69, 9.17) is 14.9 Å². The van der Waals surface area contributed by atoms with E-state index in [-0.39, 0.29) is 0 Å². The van der Waals surface area contributed by atoms with Gasteiger partial charge in [0.05, 0.1) is 6.61 Å². The van der Waals surface area contributed by atoms with Gasteiger partial charge in [0.2, 0.25) is 5.91 Å². The van der Waals surface area contributed by atoms with E-state index in [1.165, 1.54) is 39.0 Å². The van der Waals surface area contributed by atoms with Crippen LogP contribution in [0.15, 0.2) is 0 Å². The van der Waals surface area contributed by atoms with Crippen molar-refractivity contribution in [1.82, 2.24) is 5.32 Å². The third-order valence-corrected chi connectivity index (χ3v) is 2.35. The molecule has 16 heavy (non-hydrogen) atoms. The van der Waals surface area contributed by atoms with Gasteiger partial charge in [-0.15, -0.1) is 0 Å². The van der Waals surface area contributed by atoms with E-state index in [1.807, 2.05) is 0 Å². The smallest absolute Gasteiger partial charge is 0.219 e. The molecule has 0 heterocycles. The molecule has 0 aromatic heterocycles. The Morgan fingerprint density at radius 1 is 1.00 bits per heavy atom. The molecule has 0 aliphatic rings. The Morgan fingerprint density at radius 3 is 2.25 bits per heavy atom. The van der Waals surface area contributed by atoms with Gasteiger partial charge >= 0.3 is 0 Å². The molecule has 0 aromatic carbocycles. The number of hydrogen-bond donors (Lipinski definition) is 3. The van der Waals surface area contributed by atoms with Gasteiger partial charge in [0.15, 0.2) is 0 Å². The lowest BCUT2D eigenvalue weighted by Crippen LogP contribution is -2.43. The number of nitrogens with one attached hydrogen (secondary N) is 1. The van der Waals surface area contributed by atoms with Gasteiger partial charge in [0.25, 0.3) is 0 Å². The quantitative estimate of drug-likeness (QED) is 0.375. The highest BCUT2D eigenvalue weighted by Crippen LogP contribution is 2.04. The van der Waals surface area contributed by atoms with Gasteiger partial charge in [-0.25, -0.2) is 0 Å². The summed E-state index contributed by atoms with van der Waals surface area (Å²) in [5.74, 6) is -1.79. The van der Waals surface area contributed by atoms with Crippen LogP contribution in [0.2, 0.25) is 0 Å². The minimum absolute atomic E-state index is 0.458. The molecule has 0 aromatic rings. The predicted octanol–water partition coefficient (Wildman–Crippen LogP) is 1.61. The number of ether oxygens (including phenoxy) is 1. The normalized spacial score (nSPS) is 12.0. The van der Waals surface area contributed by atoms with Gasteiger partial charge < -0.3 is 14.9 Å². The average Bonchev–Trinajstić information content (AvgIpc) is 2.19. The lowest BCUT2D eigenvalue weighted by atomic mass is 10.1. The minimum Gasteiger partial charge on any atom is -0.380 e. The van der Waals surface area contributed by atoms with Crippen molar-refractivity contribution >= 4 is 0 Å². The standard InChI is InChI=1S/C12H27NO3/c1-3-4-5-6-7-8-10-16-11-9-13-12(2,14)15/h13-15H,3-11H2,1-2H3. The SMILES string of the molecule is CCCCCCCCOCCNC(C)(O)O. The minimum atomic E-state index is -1.79. The number of unbranched alkanes of at least 4 members (excludes halogenated alkanes) is 5. The third-order valence-electron chi connectivity index (χ3n) is 2.35. The van der Waals surface area contributed by atoms with Crippen LogP contribution in [0.25, 0.3) is 0 Å². The molecule has 0 bridgehead atoms. The zero-order valence-electron chi connectivity index (χ0n) is 10.7. The Balaban J connectivity index is 2.99. The second-order valence-electron chi connectivity index (χ2n) is 4.33. The van der Waals surface area contributed by atoms with E-state index in [9.17, 15) is 0 Å². The van der Waals surface area contributed by atoms with E-state index in [2.05, 4.69) is 12.2 Å². The molecule has 3 N–H and O–H groups in total. The Bertz CT molecular complexity index is 146. The molecular weight excluding hydrogens is 206 g/mol. The summed E-state index contributed by atoms with van der Waals surface area (Å²) in [5.41, 5.74) is 0. The third kappa shape index (κ3) is 13.8. The first kappa shape index (κ1) is 15.8. The zero-order chi connectivity index (χ0) is 12.3. The molecule has 98 valence electrons. The molecule has 0 atom stereocenters. The molecule has 0 radical (unpaired) electrons. The van der Waals surface area contributed by atoms with Crippen LogP contribution in [0.1, 0.15) is 52.4 Å². The fourth-order valence-electron chi connectivity index (χ4n) is 1.45. The van der Waals surface area contributed by atoms with Crippen LogP contribution in [0, 0.1) is 0 Å². The fraction of sp³-hybridized carbons (Fsp3) is 1.00. The first-order valence-electron chi connectivity index (χ1n) is 6.34. The second kappa shape index (κ2) is 10.0. The van der Waals surface area contributed by atoms with Crippen molar-refractivity contribution in [3.05, 3.63) is 0 Å². The van der Waals surface area contributed by atoms with Gasteiger partial charge in [-0.1, -0.05) is 39.0 Å². The van der Waals surface area contributed by atoms with Gasteiger partial charge in [0, 0.05) is 20.1 Å². The first-order valence-corrected chi connectivity index (χ1v) is 6.34. The molecule has 0 amide bonds. The summed E-state index contributed by atoms with van der Waals surface area (Å²) in [4.78, 5) is 0. The van der Waals surface area contributed by atoms with Crippen molar-refractivity contribution in [3.63, 3.8) is 0 Å². The Kier molecular flexibility index (Phi) is 9.92. The van der Waals surface area contributed by atoms with Crippen LogP contribution in [-0.4, -0.2) is 35.9 Å². The zero-order valence-corrected chi connectivity index (χ0v) is 10.7. The van der Waals surface area contributed by atoms with E-state index in [0.717, 1.165) is 13.0 Å². The highest BCUT2D eigenvalue weighted by atomic mass is 16.5. The van der Waals surface area contributed by atoms with Crippen molar-refractivity contribution in [2.75, 3.05) is 19.8 Å². The summed E-state index contributed by atoms with van der Waals surface area (Å²) < 4.78 is 5.35. The summed E-state index contributed by atoms with van der Waals surface area (Å²) in [7, 11) is 0. The maximum absolute atomic E-state index is 8.93. The van der Waals surface area contributed by atoms with Crippen molar-refractivity contribution < 1.29 is 14.9 Å². The molecular formula is C12H27NO3. The summed E-state index contributed by atoms with van der Waals surface area (Å²) in [5, 5.41) is 20.4. The number of rotatable bonds is 11. The van der Waals surface area contributed by atoms with E-state index < -0.39 is 5.91 Å². The van der Waals surface area contributed by atoms with Crippen LogP contribution in [0.5, 0.6) is 0 Å². The Hall–Kier alpha value is -0.160. The molecule has 0 fully saturated rings. The van der Waals surface area contributed by atoms with Crippen molar-refractivity contribution in [1.29, 1.82) is 0 Å². The Labute approximate surface area is 99.0 Å². The highest BCUT2D eigenvalue weighted by Gasteiger charge is 2.11. The molecule has 0 spiro atoms. The van der Waals surface area contributed by atoms with Gasteiger partial charge in [-0.3, -0.25) is 5.32 Å². The largest absolute Gasteiger partial charge is 0.380 e. The van der Waals surface area contributed by atoms with Crippen LogP contribution in [0.4, 0.5) is 0 Å². The molecule has 0 saturated heterocycles. The van der Waals surface area contributed by atoms with Crippen LogP contribution < -0.4 is 5.32 Å². The second-order valence-corrected chi connectivity index (χ2v) is 4.33. The maximum atomic E-state index is 8.93. The van der Waals surface area contributed by atoms with Gasteiger partial charge in [-0.05, 0) is 6.42 Å². The van der Waals surface area contributed by atoms with E-state index >= 15 is 0 Å². The molecule has 4 heteroatoms. The topological polar surface area (TPSA) is 61.7 Å². The van der Waals surface area contributed by atoms with Gasteiger partial charge in [0.1, 0.15) is 0 Å². The lowest BCUT2D eigenvalue weighted by Gasteiger charge is -2.17. The monoisotopic (exact) mass is 233 g/mol. The summed E-state index contributed by atoms with van der Waals surface area (Å²) in [6, 6.07) is 0. The maximum Gasteiger partial charge on any atom is 0.219 e. The summed E-state index contributed by atoms with van der Waals surface area (Å²) >= 11 is 0. The predicted molar refractivity (Wildman–Crippen MR) is 65.0 cm³/mol. The van der Waals surface area contributed by atoms with Crippen LogP contribution >= 0.6 is 0 Å². The molecule has 0 saturated carbocycles. The number of hydrogen-bond acceptors (Lipinski definition) is 4. The highest BCUT2D eigenvalue weighted by molar-refractivity contribution is 4.52. The van der Waals surface area contributed by atoms with Crippen molar-refractivity contribution in [2.24, 2.45) is 0 Å². The van der Waals surface area contributed by atoms with Crippen molar-refractivity contribution in [2.45, 2.75) is 58.3 Å². The average molecular weight is 233 g/mol. The summed E-state index contributed by atoms with van der Waals surface area (Å²) in [6.45, 7) is 5.25. The Morgan fingerprint density at radius 2 is 1.62 bits per heavy atom. The van der Waals surface area contributed by atoms with E-state index in [0.29, 0.717) is 13.2 Å². The molecule has 0 unspecified atom stereocenters. The van der Waals surface area contributed by atoms with E-state index in [1.54, 1.807) is 0 Å². The molecule has 0 aliphatic carbocycles. The number of aliphatic hydroxyl groups is 2. The van der Waals surface area contributed by atoms with Crippen molar-refractivity contribution in [3.8, 4) is 0 Å².